The molecule has 21 heavy (non-hydrogen) atoms. The van der Waals surface area contributed by atoms with Crippen LogP contribution in [0.25, 0.3) is 0 Å². The van der Waals surface area contributed by atoms with Crippen molar-refractivity contribution in [2.24, 2.45) is 0 Å². The molecule has 2 aliphatic heterocycles. The number of likely N-dealkylation sites (tertiary alicyclic amines) is 1. The van der Waals surface area contributed by atoms with Gasteiger partial charge in [0.25, 0.3) is 0 Å². The predicted octanol–water partition coefficient (Wildman–Crippen LogP) is 1.94. The molecule has 0 bridgehead atoms. The highest BCUT2D eigenvalue weighted by molar-refractivity contribution is 5.87. The van der Waals surface area contributed by atoms with Gasteiger partial charge in [0.1, 0.15) is 5.54 Å². The lowest BCUT2D eigenvalue weighted by molar-refractivity contribution is -0.148. The molecular formula is C15H26N2O4. The van der Waals surface area contributed by atoms with Crippen LogP contribution >= 0.6 is 0 Å². The van der Waals surface area contributed by atoms with E-state index in [1.54, 1.807) is 9.80 Å². The highest BCUT2D eigenvalue weighted by Crippen LogP contribution is 2.35. The number of carbonyl (C=O) groups excluding carboxylic acids is 1. The van der Waals surface area contributed by atoms with Gasteiger partial charge in [0.15, 0.2) is 0 Å². The van der Waals surface area contributed by atoms with Crippen LogP contribution in [0.5, 0.6) is 0 Å². The summed E-state index contributed by atoms with van der Waals surface area (Å²) in [7, 11) is 0. The van der Waals surface area contributed by atoms with Crippen molar-refractivity contribution in [2.45, 2.75) is 57.6 Å². The van der Waals surface area contributed by atoms with Crippen LogP contribution in [0.4, 0.5) is 4.79 Å². The zero-order valence-electron chi connectivity index (χ0n) is 13.0. The molecule has 2 fully saturated rings. The molecule has 2 saturated heterocycles. The molecule has 2 atom stereocenters. The number of aliphatic carboxylic acids is 1. The molecule has 2 unspecified atom stereocenters. The lowest BCUT2D eigenvalue weighted by Crippen LogP contribution is -2.57. The first-order valence-electron chi connectivity index (χ1n) is 7.93. The van der Waals surface area contributed by atoms with E-state index in [9.17, 15) is 14.7 Å². The Balaban J connectivity index is 2.17. The molecule has 0 aromatic rings. The third-order valence-corrected chi connectivity index (χ3v) is 4.50. The van der Waals surface area contributed by atoms with E-state index in [4.69, 9.17) is 4.74 Å². The van der Waals surface area contributed by atoms with Gasteiger partial charge in [-0.3, -0.25) is 0 Å². The standard InChI is InChI=1S/C15H26N2O4/c1-3-6-15(13(18)19)7-4-9-17(15)14(20)16-8-5-10-21-12(2)11-16/h12H,3-11H2,1-2H3,(H,18,19). The molecule has 0 aromatic carbocycles. The number of rotatable bonds is 3. The van der Waals surface area contributed by atoms with Crippen molar-refractivity contribution in [1.29, 1.82) is 0 Å². The van der Waals surface area contributed by atoms with Crippen LogP contribution in [0.15, 0.2) is 0 Å². The summed E-state index contributed by atoms with van der Waals surface area (Å²) in [5.41, 5.74) is -1.01. The highest BCUT2D eigenvalue weighted by Gasteiger charge is 2.50. The normalized spacial score (nSPS) is 30.3. The molecule has 2 heterocycles. The van der Waals surface area contributed by atoms with Crippen molar-refractivity contribution in [3.8, 4) is 0 Å². The Labute approximate surface area is 126 Å². The predicted molar refractivity (Wildman–Crippen MR) is 78.2 cm³/mol. The van der Waals surface area contributed by atoms with Crippen LogP contribution in [0.2, 0.25) is 0 Å². The van der Waals surface area contributed by atoms with E-state index < -0.39 is 11.5 Å². The third-order valence-electron chi connectivity index (χ3n) is 4.50. The summed E-state index contributed by atoms with van der Waals surface area (Å²) in [5.74, 6) is -0.866. The number of ether oxygens (including phenoxy) is 1. The Morgan fingerprint density at radius 3 is 2.76 bits per heavy atom. The number of urea groups is 1. The van der Waals surface area contributed by atoms with Gasteiger partial charge >= 0.3 is 12.0 Å². The summed E-state index contributed by atoms with van der Waals surface area (Å²) in [5, 5.41) is 9.68. The van der Waals surface area contributed by atoms with Crippen molar-refractivity contribution < 1.29 is 19.4 Å². The Bertz CT molecular complexity index is 401. The Hall–Kier alpha value is -1.30. The van der Waals surface area contributed by atoms with Gasteiger partial charge in [0, 0.05) is 26.2 Å². The summed E-state index contributed by atoms with van der Waals surface area (Å²) < 4.78 is 5.56. The number of hydrogen-bond donors (Lipinski definition) is 1. The lowest BCUT2D eigenvalue weighted by Gasteiger charge is -2.38. The van der Waals surface area contributed by atoms with Gasteiger partial charge in [-0.1, -0.05) is 13.3 Å². The maximum Gasteiger partial charge on any atom is 0.329 e. The smallest absolute Gasteiger partial charge is 0.329 e. The van der Waals surface area contributed by atoms with Crippen LogP contribution in [0.1, 0.15) is 46.0 Å². The molecule has 0 radical (unpaired) electrons. The summed E-state index contributed by atoms with van der Waals surface area (Å²) in [6.45, 7) is 6.29. The first-order chi connectivity index (χ1) is 10.0. The van der Waals surface area contributed by atoms with Crippen LogP contribution in [0.3, 0.4) is 0 Å². The fourth-order valence-corrected chi connectivity index (χ4v) is 3.50. The molecule has 120 valence electrons. The second-order valence-electron chi connectivity index (χ2n) is 6.11. The second-order valence-corrected chi connectivity index (χ2v) is 6.11. The zero-order valence-corrected chi connectivity index (χ0v) is 13.0. The van der Waals surface area contributed by atoms with Gasteiger partial charge in [-0.15, -0.1) is 0 Å². The number of carboxylic acid groups (broad SMARTS) is 1. The van der Waals surface area contributed by atoms with Crippen molar-refractivity contribution in [3.05, 3.63) is 0 Å². The SMILES string of the molecule is CCCC1(C(=O)O)CCCN1C(=O)N1CCCOC(C)C1. The monoisotopic (exact) mass is 298 g/mol. The lowest BCUT2D eigenvalue weighted by atomic mass is 9.91. The molecule has 6 heteroatoms. The highest BCUT2D eigenvalue weighted by atomic mass is 16.5. The number of carboxylic acids is 1. The zero-order chi connectivity index (χ0) is 15.5. The molecule has 2 amide bonds. The average Bonchev–Trinajstić information content (AvgIpc) is 2.75. The minimum Gasteiger partial charge on any atom is -0.479 e. The summed E-state index contributed by atoms with van der Waals surface area (Å²) in [6.07, 6.45) is 3.41. The van der Waals surface area contributed by atoms with Crippen LogP contribution in [-0.2, 0) is 9.53 Å². The van der Waals surface area contributed by atoms with E-state index in [0.717, 1.165) is 19.3 Å². The van der Waals surface area contributed by atoms with Gasteiger partial charge < -0.3 is 19.6 Å². The molecule has 0 saturated carbocycles. The van der Waals surface area contributed by atoms with Gasteiger partial charge in [-0.2, -0.15) is 0 Å². The Morgan fingerprint density at radius 1 is 1.33 bits per heavy atom. The molecule has 0 aliphatic carbocycles. The minimum atomic E-state index is -1.01. The molecule has 0 spiro atoms. The van der Waals surface area contributed by atoms with Crippen molar-refractivity contribution in [2.75, 3.05) is 26.2 Å². The number of hydrogen-bond acceptors (Lipinski definition) is 3. The van der Waals surface area contributed by atoms with Gasteiger partial charge in [0.2, 0.25) is 0 Å². The summed E-state index contributed by atoms with van der Waals surface area (Å²) >= 11 is 0. The van der Waals surface area contributed by atoms with Crippen LogP contribution in [-0.4, -0.2) is 64.8 Å². The van der Waals surface area contributed by atoms with Crippen LogP contribution in [0, 0.1) is 0 Å². The summed E-state index contributed by atoms with van der Waals surface area (Å²) in [6, 6.07) is -0.138. The second kappa shape index (κ2) is 6.64. The minimum absolute atomic E-state index is 0.00413. The van der Waals surface area contributed by atoms with E-state index in [2.05, 4.69) is 0 Å². The molecule has 1 N–H and O–H groups in total. The maximum atomic E-state index is 12.8. The van der Waals surface area contributed by atoms with Gasteiger partial charge in [-0.05, 0) is 32.6 Å². The fraction of sp³-hybridized carbons (Fsp3) is 0.867. The van der Waals surface area contributed by atoms with Crippen molar-refractivity contribution in [3.63, 3.8) is 0 Å². The maximum absolute atomic E-state index is 12.8. The first kappa shape index (κ1) is 16.1. The number of nitrogens with zero attached hydrogens (tertiary/aromatic N) is 2. The number of carbonyl (C=O) groups is 2. The number of amides is 2. The van der Waals surface area contributed by atoms with Crippen molar-refractivity contribution >= 4 is 12.0 Å². The fourth-order valence-electron chi connectivity index (χ4n) is 3.50. The molecule has 2 rings (SSSR count). The summed E-state index contributed by atoms with van der Waals surface area (Å²) in [4.78, 5) is 28.0. The largest absolute Gasteiger partial charge is 0.479 e. The van der Waals surface area contributed by atoms with E-state index >= 15 is 0 Å². The van der Waals surface area contributed by atoms with Gasteiger partial charge in [0.05, 0.1) is 6.10 Å². The molecule has 0 aromatic heterocycles. The molecule has 2 aliphatic rings. The quantitative estimate of drug-likeness (QED) is 0.864. The van der Waals surface area contributed by atoms with Crippen molar-refractivity contribution in [1.82, 2.24) is 9.80 Å². The van der Waals surface area contributed by atoms with E-state index in [1.165, 1.54) is 0 Å². The van der Waals surface area contributed by atoms with E-state index in [0.29, 0.717) is 39.1 Å². The average molecular weight is 298 g/mol. The molecular weight excluding hydrogens is 272 g/mol. The molecule has 6 nitrogen and oxygen atoms in total. The first-order valence-corrected chi connectivity index (χ1v) is 7.93. The van der Waals surface area contributed by atoms with Gasteiger partial charge in [-0.25, -0.2) is 9.59 Å². The van der Waals surface area contributed by atoms with E-state index in [-0.39, 0.29) is 12.1 Å². The topological polar surface area (TPSA) is 70.1 Å². The third kappa shape index (κ3) is 3.15. The Morgan fingerprint density at radius 2 is 2.10 bits per heavy atom. The van der Waals surface area contributed by atoms with E-state index in [1.807, 2.05) is 13.8 Å². The Kier molecular flexibility index (Phi) is 5.08. The van der Waals surface area contributed by atoms with Crippen LogP contribution < -0.4 is 0 Å².